The fourth-order valence-corrected chi connectivity index (χ4v) is 9.99. The molecular formula is C63H123NO5. The molecule has 0 aliphatic heterocycles. The largest absolute Gasteiger partial charge is 0.466 e. The van der Waals surface area contributed by atoms with Gasteiger partial charge in [0, 0.05) is 12.8 Å². The van der Waals surface area contributed by atoms with Crippen LogP contribution < -0.4 is 5.32 Å². The Balaban J connectivity index is 3.43. The predicted molar refractivity (Wildman–Crippen MR) is 301 cm³/mol. The molecule has 0 heterocycles. The Morgan fingerprint density at radius 3 is 0.986 bits per heavy atom. The van der Waals surface area contributed by atoms with Gasteiger partial charge < -0.3 is 20.3 Å². The first-order valence-electron chi connectivity index (χ1n) is 31.5. The number of nitrogens with one attached hydrogen (secondary N) is 1. The van der Waals surface area contributed by atoms with Crippen molar-refractivity contribution in [1.29, 1.82) is 0 Å². The van der Waals surface area contributed by atoms with Gasteiger partial charge in [-0.1, -0.05) is 321 Å². The zero-order valence-electron chi connectivity index (χ0n) is 46.8. The first-order chi connectivity index (χ1) is 34.0. The second kappa shape index (κ2) is 59.2. The van der Waals surface area contributed by atoms with Crippen LogP contribution in [0.5, 0.6) is 0 Å². The van der Waals surface area contributed by atoms with Gasteiger partial charge in [-0.25, -0.2) is 0 Å². The highest BCUT2D eigenvalue weighted by atomic mass is 16.5. The third kappa shape index (κ3) is 55.8. The number of amides is 1. The van der Waals surface area contributed by atoms with E-state index >= 15 is 0 Å². The molecule has 2 atom stereocenters. The SMILES string of the molecule is CCCCCCCCCCCCCCCCCCCC/C=C/C(O)C(CO)NC(=O)CCCCCCCCCCCCCCCCCCCCOC(=O)CCCCCCCCCCCCCCCC. The summed E-state index contributed by atoms with van der Waals surface area (Å²) in [7, 11) is 0. The highest BCUT2D eigenvalue weighted by molar-refractivity contribution is 5.76. The summed E-state index contributed by atoms with van der Waals surface area (Å²) in [6, 6.07) is -0.631. The van der Waals surface area contributed by atoms with Crippen LogP contribution >= 0.6 is 0 Å². The minimum Gasteiger partial charge on any atom is -0.466 e. The molecule has 2 unspecified atom stereocenters. The average Bonchev–Trinajstić information content (AvgIpc) is 3.35. The van der Waals surface area contributed by atoms with Crippen molar-refractivity contribution < 1.29 is 24.5 Å². The lowest BCUT2D eigenvalue weighted by atomic mass is 10.0. The Hall–Kier alpha value is -1.40. The Morgan fingerprint density at radius 1 is 0.391 bits per heavy atom. The number of aliphatic hydroxyl groups is 2. The molecule has 1 amide bonds. The normalized spacial score (nSPS) is 12.6. The van der Waals surface area contributed by atoms with E-state index < -0.39 is 12.1 Å². The summed E-state index contributed by atoms with van der Waals surface area (Å²) in [5, 5.41) is 23.2. The second-order valence-electron chi connectivity index (χ2n) is 21.8. The van der Waals surface area contributed by atoms with Crippen LogP contribution in [0.3, 0.4) is 0 Å². The van der Waals surface area contributed by atoms with Gasteiger partial charge in [0.15, 0.2) is 0 Å². The number of allylic oxidation sites excluding steroid dienone is 1. The number of aliphatic hydroxyl groups excluding tert-OH is 2. The molecule has 0 bridgehead atoms. The lowest BCUT2D eigenvalue weighted by molar-refractivity contribution is -0.143. The number of esters is 1. The van der Waals surface area contributed by atoms with Crippen LogP contribution in [-0.2, 0) is 14.3 Å². The Labute approximate surface area is 431 Å². The molecule has 6 heteroatoms. The smallest absolute Gasteiger partial charge is 0.305 e. The molecule has 0 radical (unpaired) electrons. The molecule has 3 N–H and O–H groups in total. The molecule has 0 aromatic rings. The second-order valence-corrected chi connectivity index (χ2v) is 21.8. The van der Waals surface area contributed by atoms with Crippen LogP contribution in [0.15, 0.2) is 12.2 Å². The van der Waals surface area contributed by atoms with E-state index in [0.717, 1.165) is 38.5 Å². The fraction of sp³-hybridized carbons (Fsp3) is 0.937. The van der Waals surface area contributed by atoms with Crippen LogP contribution in [0.4, 0.5) is 0 Å². The van der Waals surface area contributed by atoms with Crippen LogP contribution in [0.2, 0.25) is 0 Å². The molecule has 0 spiro atoms. The minimum atomic E-state index is -0.847. The van der Waals surface area contributed by atoms with Crippen molar-refractivity contribution in [3.8, 4) is 0 Å². The monoisotopic (exact) mass is 974 g/mol. The number of hydrogen-bond donors (Lipinski definition) is 3. The van der Waals surface area contributed by atoms with Crippen LogP contribution in [0.25, 0.3) is 0 Å². The van der Waals surface area contributed by atoms with Crippen molar-refractivity contribution in [3.63, 3.8) is 0 Å². The minimum absolute atomic E-state index is 0.00964. The van der Waals surface area contributed by atoms with Gasteiger partial charge in [-0.3, -0.25) is 9.59 Å². The molecule has 6 nitrogen and oxygen atoms in total. The standard InChI is InChI=1S/C63H123NO5/c1-3-5-7-9-11-13-15-17-19-20-21-22-25-28-31-35-39-43-47-51-55-61(66)60(59-65)64-62(67)56-52-48-44-40-36-32-29-26-23-24-27-30-34-38-42-46-50-54-58-69-63(68)57-53-49-45-41-37-33-18-16-14-12-10-8-6-4-2/h51,55,60-61,65-66H,3-50,52-54,56-59H2,1-2H3,(H,64,67)/b55-51+. The van der Waals surface area contributed by atoms with E-state index in [1.807, 2.05) is 6.08 Å². The van der Waals surface area contributed by atoms with E-state index in [1.54, 1.807) is 6.08 Å². The van der Waals surface area contributed by atoms with E-state index in [2.05, 4.69) is 19.2 Å². The summed E-state index contributed by atoms with van der Waals surface area (Å²) in [4.78, 5) is 24.5. The van der Waals surface area contributed by atoms with Gasteiger partial charge in [-0.2, -0.15) is 0 Å². The lowest BCUT2D eigenvalue weighted by Gasteiger charge is -2.20. The van der Waals surface area contributed by atoms with Gasteiger partial charge in [0.1, 0.15) is 0 Å². The van der Waals surface area contributed by atoms with E-state index in [-0.39, 0.29) is 18.5 Å². The fourth-order valence-electron chi connectivity index (χ4n) is 9.99. The van der Waals surface area contributed by atoms with E-state index in [0.29, 0.717) is 19.4 Å². The summed E-state index contributed by atoms with van der Waals surface area (Å²) in [5.74, 6) is -0.0585. The maximum Gasteiger partial charge on any atom is 0.305 e. The molecule has 0 fully saturated rings. The van der Waals surface area contributed by atoms with Gasteiger partial charge in [0.2, 0.25) is 5.91 Å². The van der Waals surface area contributed by atoms with Crippen molar-refractivity contribution in [1.82, 2.24) is 5.32 Å². The topological polar surface area (TPSA) is 95.9 Å². The van der Waals surface area contributed by atoms with Gasteiger partial charge >= 0.3 is 5.97 Å². The zero-order chi connectivity index (χ0) is 50.0. The number of hydrogen-bond acceptors (Lipinski definition) is 5. The summed E-state index contributed by atoms with van der Waals surface area (Å²) < 4.78 is 5.48. The summed E-state index contributed by atoms with van der Waals surface area (Å²) in [6.07, 6.45) is 71.0. The number of ether oxygens (including phenoxy) is 1. The van der Waals surface area contributed by atoms with Crippen LogP contribution in [-0.4, -0.2) is 47.4 Å². The quantitative estimate of drug-likeness (QED) is 0.0321. The van der Waals surface area contributed by atoms with E-state index in [4.69, 9.17) is 4.74 Å². The van der Waals surface area contributed by atoms with Crippen molar-refractivity contribution in [2.45, 2.75) is 366 Å². The maximum absolute atomic E-state index is 12.5. The third-order valence-corrected chi connectivity index (χ3v) is 14.8. The Bertz CT molecular complexity index is 1030. The zero-order valence-corrected chi connectivity index (χ0v) is 46.8. The average molecular weight is 975 g/mol. The molecule has 0 saturated carbocycles. The van der Waals surface area contributed by atoms with Crippen LogP contribution in [0, 0.1) is 0 Å². The first kappa shape index (κ1) is 67.6. The first-order valence-corrected chi connectivity index (χ1v) is 31.5. The summed E-state index contributed by atoms with van der Waals surface area (Å²) in [5.41, 5.74) is 0. The highest BCUT2D eigenvalue weighted by Gasteiger charge is 2.18. The maximum atomic E-state index is 12.5. The molecule has 0 aromatic carbocycles. The highest BCUT2D eigenvalue weighted by Crippen LogP contribution is 2.18. The van der Waals surface area contributed by atoms with Crippen molar-refractivity contribution >= 4 is 11.9 Å². The number of carbonyl (C=O) groups excluding carboxylic acids is 2. The van der Waals surface area contributed by atoms with Gasteiger partial charge in [0.05, 0.1) is 25.4 Å². The molecule has 0 aliphatic rings. The van der Waals surface area contributed by atoms with Gasteiger partial charge in [0.25, 0.3) is 0 Å². The third-order valence-electron chi connectivity index (χ3n) is 14.8. The molecule has 0 aromatic heterocycles. The van der Waals surface area contributed by atoms with Crippen molar-refractivity contribution in [2.75, 3.05) is 13.2 Å². The Morgan fingerprint density at radius 2 is 0.667 bits per heavy atom. The molecular weight excluding hydrogens is 851 g/mol. The Kier molecular flexibility index (Phi) is 58.0. The number of rotatable bonds is 59. The van der Waals surface area contributed by atoms with E-state index in [9.17, 15) is 19.8 Å². The molecule has 0 rings (SSSR count). The lowest BCUT2D eigenvalue weighted by Crippen LogP contribution is -2.45. The molecule has 0 aliphatic carbocycles. The summed E-state index contributed by atoms with van der Waals surface area (Å²) >= 11 is 0. The van der Waals surface area contributed by atoms with Gasteiger partial charge in [-0.15, -0.1) is 0 Å². The molecule has 410 valence electrons. The molecule has 0 saturated heterocycles. The van der Waals surface area contributed by atoms with E-state index in [1.165, 1.54) is 289 Å². The number of carbonyl (C=O) groups is 2. The van der Waals surface area contributed by atoms with Gasteiger partial charge in [-0.05, 0) is 32.1 Å². The molecule has 69 heavy (non-hydrogen) atoms. The number of unbranched alkanes of at least 4 members (excludes halogenated alkanes) is 48. The van der Waals surface area contributed by atoms with Crippen molar-refractivity contribution in [2.24, 2.45) is 0 Å². The predicted octanol–water partition coefficient (Wildman–Crippen LogP) is 19.6. The van der Waals surface area contributed by atoms with Crippen molar-refractivity contribution in [3.05, 3.63) is 12.2 Å². The van der Waals surface area contributed by atoms with Crippen LogP contribution in [0.1, 0.15) is 354 Å². The summed E-state index contributed by atoms with van der Waals surface area (Å²) in [6.45, 7) is 4.93.